The summed E-state index contributed by atoms with van der Waals surface area (Å²) in [5.74, 6) is -4.87. The van der Waals surface area contributed by atoms with Crippen molar-refractivity contribution in [3.8, 4) is 0 Å². The highest BCUT2D eigenvalue weighted by Gasteiger charge is 2.55. The Labute approximate surface area is 267 Å². The quantitative estimate of drug-likeness (QED) is 0.323. The largest absolute Gasteiger partial charge is 0.479 e. The molecule has 3 rings (SSSR count). The van der Waals surface area contributed by atoms with Crippen LogP contribution in [0.3, 0.4) is 0 Å². The molecule has 45 heavy (non-hydrogen) atoms. The predicted octanol–water partition coefficient (Wildman–Crippen LogP) is 3.21. The van der Waals surface area contributed by atoms with Gasteiger partial charge in [-0.25, -0.2) is 4.79 Å². The molecule has 3 aliphatic rings. The number of aliphatic hydroxyl groups excluding tert-OH is 1. The topological polar surface area (TPSA) is 158 Å². The van der Waals surface area contributed by atoms with Gasteiger partial charge >= 0.3 is 17.9 Å². The summed E-state index contributed by atoms with van der Waals surface area (Å²) in [5.41, 5.74) is -2.12. The van der Waals surface area contributed by atoms with E-state index in [9.17, 15) is 29.4 Å². The number of hydrogen-bond acceptors (Lipinski definition) is 11. The lowest BCUT2D eigenvalue weighted by atomic mass is 9.73. The fourth-order valence-corrected chi connectivity index (χ4v) is 7.74. The molecule has 3 saturated heterocycles. The molecule has 0 radical (unpaired) electrons. The Morgan fingerprint density at radius 2 is 1.73 bits per heavy atom. The van der Waals surface area contributed by atoms with E-state index in [-0.39, 0.29) is 36.6 Å². The van der Waals surface area contributed by atoms with Crippen LogP contribution in [-0.4, -0.2) is 108 Å². The minimum Gasteiger partial charge on any atom is -0.479 e. The van der Waals surface area contributed by atoms with E-state index in [0.717, 1.165) is 12.8 Å². The molecule has 3 heterocycles. The molecule has 13 atom stereocenters. The predicted molar refractivity (Wildman–Crippen MR) is 163 cm³/mol. The molecule has 0 bridgehead atoms. The van der Waals surface area contributed by atoms with Crippen molar-refractivity contribution in [2.24, 2.45) is 29.6 Å². The molecule has 0 aliphatic carbocycles. The summed E-state index contributed by atoms with van der Waals surface area (Å²) in [4.78, 5) is 53.9. The third-order valence-corrected chi connectivity index (χ3v) is 10.7. The smallest absolute Gasteiger partial charge is 0.333 e. The van der Waals surface area contributed by atoms with Crippen molar-refractivity contribution in [2.45, 2.75) is 135 Å². The van der Waals surface area contributed by atoms with Gasteiger partial charge in [0.25, 0.3) is 0 Å². The Morgan fingerprint density at radius 3 is 2.29 bits per heavy atom. The van der Waals surface area contributed by atoms with Crippen LogP contribution in [-0.2, 0) is 42.9 Å². The SMILES string of the molecule is CC[C@H]1OC(=O)C(C)C(=O)[C@H](C)[C@@H](O[C@@H]2O[C@H](C(=O)O)CC(N(C)C)[C@H]2O)[C@](C)(OC)C[C@@H](C)CC[C@H](C)[C@H]2CC(=O)O[C@@]21C. The summed E-state index contributed by atoms with van der Waals surface area (Å²) in [6.07, 6.45) is -2.92. The number of carboxylic acid groups (broad SMARTS) is 1. The van der Waals surface area contributed by atoms with Crippen molar-refractivity contribution >= 4 is 23.7 Å². The molecule has 0 saturated carbocycles. The highest BCUT2D eigenvalue weighted by atomic mass is 16.7. The number of ketones is 1. The monoisotopic (exact) mass is 641 g/mol. The Balaban J connectivity index is 2.04. The number of methoxy groups -OCH3 is 1. The van der Waals surface area contributed by atoms with Crippen LogP contribution in [0.15, 0.2) is 0 Å². The number of cyclic esters (lactones) is 1. The Bertz CT molecular complexity index is 1080. The number of aliphatic hydroxyl groups is 1. The number of carbonyl (C=O) groups is 4. The van der Waals surface area contributed by atoms with Gasteiger partial charge < -0.3 is 38.8 Å². The zero-order valence-electron chi connectivity index (χ0n) is 28.6. The first-order valence-electron chi connectivity index (χ1n) is 16.3. The maximum Gasteiger partial charge on any atom is 0.333 e. The van der Waals surface area contributed by atoms with Crippen molar-refractivity contribution in [1.29, 1.82) is 0 Å². The number of carboxylic acids is 1. The van der Waals surface area contributed by atoms with Gasteiger partial charge in [0.2, 0.25) is 0 Å². The van der Waals surface area contributed by atoms with Gasteiger partial charge in [-0.05, 0) is 59.5 Å². The second-order valence-electron chi connectivity index (χ2n) is 14.2. The maximum atomic E-state index is 14.0. The number of esters is 2. The van der Waals surface area contributed by atoms with E-state index in [1.807, 2.05) is 20.8 Å². The van der Waals surface area contributed by atoms with E-state index >= 15 is 0 Å². The van der Waals surface area contributed by atoms with Crippen molar-refractivity contribution in [2.75, 3.05) is 21.2 Å². The molecular weight excluding hydrogens is 586 g/mol. The van der Waals surface area contributed by atoms with E-state index in [2.05, 4.69) is 13.8 Å². The summed E-state index contributed by atoms with van der Waals surface area (Å²) < 4.78 is 30.1. The lowest BCUT2D eigenvalue weighted by Crippen LogP contribution is -2.60. The first kappa shape index (κ1) is 37.3. The summed E-state index contributed by atoms with van der Waals surface area (Å²) in [6.45, 7) is 12.8. The van der Waals surface area contributed by atoms with Crippen molar-refractivity contribution in [1.82, 2.24) is 4.90 Å². The Kier molecular flexibility index (Phi) is 12.2. The number of Topliss-reactive ketones (excluding diaryl/α,β-unsaturated/α-hetero) is 1. The second kappa shape index (κ2) is 14.8. The Hall–Kier alpha value is -2.12. The third-order valence-electron chi connectivity index (χ3n) is 10.7. The van der Waals surface area contributed by atoms with Gasteiger partial charge in [0.1, 0.15) is 23.7 Å². The molecule has 2 N–H and O–H groups in total. The summed E-state index contributed by atoms with van der Waals surface area (Å²) in [6, 6.07) is -0.581. The fourth-order valence-electron chi connectivity index (χ4n) is 7.74. The molecule has 0 aromatic heterocycles. The summed E-state index contributed by atoms with van der Waals surface area (Å²) in [7, 11) is 4.99. The number of ether oxygens (including phenoxy) is 5. The highest BCUT2D eigenvalue weighted by molar-refractivity contribution is 6.00. The van der Waals surface area contributed by atoms with E-state index in [4.69, 9.17) is 23.7 Å². The van der Waals surface area contributed by atoms with E-state index in [0.29, 0.717) is 12.8 Å². The van der Waals surface area contributed by atoms with Gasteiger partial charge in [0.15, 0.2) is 18.2 Å². The molecular formula is C33H55NO11. The molecule has 0 aromatic rings. The highest BCUT2D eigenvalue weighted by Crippen LogP contribution is 2.45. The van der Waals surface area contributed by atoms with Gasteiger partial charge in [-0.3, -0.25) is 14.4 Å². The number of fused-ring (bicyclic) bond motifs is 1. The van der Waals surface area contributed by atoms with Gasteiger partial charge in [-0.1, -0.05) is 40.5 Å². The molecule has 258 valence electrons. The maximum absolute atomic E-state index is 14.0. The first-order chi connectivity index (χ1) is 20.9. The summed E-state index contributed by atoms with van der Waals surface area (Å²) >= 11 is 0. The molecule has 12 nitrogen and oxygen atoms in total. The first-order valence-corrected chi connectivity index (χ1v) is 16.3. The minimum absolute atomic E-state index is 0.0516. The number of hydrogen-bond donors (Lipinski definition) is 2. The van der Waals surface area contributed by atoms with Crippen LogP contribution in [0.25, 0.3) is 0 Å². The zero-order valence-corrected chi connectivity index (χ0v) is 28.6. The third kappa shape index (κ3) is 7.89. The van der Waals surface area contributed by atoms with Crippen LogP contribution in [0.5, 0.6) is 0 Å². The lowest BCUT2D eigenvalue weighted by Gasteiger charge is -2.46. The van der Waals surface area contributed by atoms with Crippen molar-refractivity contribution < 1.29 is 53.1 Å². The van der Waals surface area contributed by atoms with Crippen molar-refractivity contribution in [3.63, 3.8) is 0 Å². The zero-order chi connectivity index (χ0) is 34.0. The van der Waals surface area contributed by atoms with Gasteiger partial charge in [-0.2, -0.15) is 0 Å². The van der Waals surface area contributed by atoms with Crippen LogP contribution in [0.4, 0.5) is 0 Å². The summed E-state index contributed by atoms with van der Waals surface area (Å²) in [5, 5.41) is 21.1. The average Bonchev–Trinajstić information content (AvgIpc) is 3.30. The van der Waals surface area contributed by atoms with Gasteiger partial charge in [0, 0.05) is 31.4 Å². The molecule has 2 unspecified atom stereocenters. The van der Waals surface area contributed by atoms with Gasteiger partial charge in [-0.15, -0.1) is 0 Å². The van der Waals surface area contributed by atoms with E-state index in [1.165, 1.54) is 14.0 Å². The van der Waals surface area contributed by atoms with E-state index in [1.54, 1.807) is 25.9 Å². The van der Waals surface area contributed by atoms with Crippen LogP contribution < -0.4 is 0 Å². The standard InChI is InChI=1S/C33H55NO11/c1-11-24-33(7)21(14-25(35)45-33)18(3)13-12-17(2)16-32(6,41-10)28(19(4)26(36)20(5)30(40)43-24)44-31-27(37)22(34(8)9)15-23(42-31)29(38)39/h17-24,27-28,31,37H,11-16H2,1-10H3,(H,38,39)/t17-,18-,19-,20?,21+,22?,23-,24+,27+,28+,31-,32+,33-/m0/s1. The Morgan fingerprint density at radius 1 is 1.09 bits per heavy atom. The molecule has 0 spiro atoms. The molecule has 12 heteroatoms. The second-order valence-corrected chi connectivity index (χ2v) is 14.2. The number of aliphatic carboxylic acids is 1. The van der Waals surface area contributed by atoms with Crippen LogP contribution in [0, 0.1) is 29.6 Å². The van der Waals surface area contributed by atoms with Gasteiger partial charge in [0.05, 0.1) is 18.1 Å². The molecule has 3 aliphatic heterocycles. The van der Waals surface area contributed by atoms with Crippen LogP contribution >= 0.6 is 0 Å². The lowest BCUT2D eigenvalue weighted by molar-refractivity contribution is -0.296. The number of rotatable bonds is 6. The normalized spacial score (nSPS) is 44.0. The van der Waals surface area contributed by atoms with E-state index < -0.39 is 77.5 Å². The minimum atomic E-state index is -1.37. The van der Waals surface area contributed by atoms with Crippen LogP contribution in [0.1, 0.15) is 87.0 Å². The molecule has 3 fully saturated rings. The molecule has 0 amide bonds. The number of carbonyl (C=O) groups excluding carboxylic acids is 3. The fraction of sp³-hybridized carbons (Fsp3) is 0.879. The molecule has 0 aromatic carbocycles. The average molecular weight is 642 g/mol. The van der Waals surface area contributed by atoms with Crippen molar-refractivity contribution in [3.05, 3.63) is 0 Å². The number of nitrogens with zero attached hydrogens (tertiary/aromatic N) is 1. The number of likely N-dealkylation sites (N-methyl/N-ethyl adjacent to an activating group) is 1. The van der Waals surface area contributed by atoms with Crippen LogP contribution in [0.2, 0.25) is 0 Å².